The first kappa shape index (κ1) is 17.8. The van der Waals surface area contributed by atoms with Gasteiger partial charge in [0.1, 0.15) is 18.1 Å². The number of methoxy groups -OCH3 is 1. The van der Waals surface area contributed by atoms with E-state index in [-0.39, 0.29) is 12.5 Å². The lowest BCUT2D eigenvalue weighted by atomic mass is 10.1. The molecule has 0 spiro atoms. The fourth-order valence-corrected chi connectivity index (χ4v) is 2.03. The van der Waals surface area contributed by atoms with Crippen molar-refractivity contribution in [1.82, 2.24) is 5.32 Å². The first-order chi connectivity index (χ1) is 11.4. The van der Waals surface area contributed by atoms with Crippen LogP contribution in [0.4, 0.5) is 0 Å². The van der Waals surface area contributed by atoms with Crippen molar-refractivity contribution in [2.45, 2.75) is 26.0 Å². The fraction of sp³-hybridized carbons (Fsp3) is 0.316. The van der Waals surface area contributed by atoms with Crippen LogP contribution in [-0.2, 0) is 6.61 Å². The molecule has 128 valence electrons. The molecule has 0 heterocycles. The Morgan fingerprint density at radius 2 is 1.79 bits per heavy atom. The fourth-order valence-electron chi connectivity index (χ4n) is 2.03. The Morgan fingerprint density at radius 1 is 1.12 bits per heavy atom. The van der Waals surface area contributed by atoms with Crippen LogP contribution in [0, 0.1) is 0 Å². The number of rotatable bonds is 7. The SMILES string of the molecule is COc1cccc(OCc2ccc(C(=O)NC(C)(C)CO)cc2)c1. The predicted octanol–water partition coefficient (Wildman–Crippen LogP) is 2.77. The molecule has 1 amide bonds. The molecule has 0 unspecified atom stereocenters. The number of ether oxygens (including phenoxy) is 2. The molecule has 2 aromatic rings. The van der Waals surface area contributed by atoms with Crippen LogP contribution in [0.25, 0.3) is 0 Å². The quantitative estimate of drug-likeness (QED) is 0.820. The maximum absolute atomic E-state index is 12.1. The zero-order valence-corrected chi connectivity index (χ0v) is 14.2. The van der Waals surface area contributed by atoms with Gasteiger partial charge in [-0.3, -0.25) is 4.79 Å². The monoisotopic (exact) mass is 329 g/mol. The Kier molecular flexibility index (Phi) is 5.82. The lowest BCUT2D eigenvalue weighted by Gasteiger charge is -2.23. The Bertz CT molecular complexity index is 680. The predicted molar refractivity (Wildman–Crippen MR) is 92.4 cm³/mol. The van der Waals surface area contributed by atoms with E-state index in [2.05, 4.69) is 5.32 Å². The van der Waals surface area contributed by atoms with E-state index in [0.717, 1.165) is 17.1 Å². The van der Waals surface area contributed by atoms with Crippen molar-refractivity contribution in [3.63, 3.8) is 0 Å². The normalized spacial score (nSPS) is 11.0. The van der Waals surface area contributed by atoms with Gasteiger partial charge in [0.25, 0.3) is 5.91 Å². The molecule has 0 aliphatic heterocycles. The minimum atomic E-state index is -0.648. The second-order valence-electron chi connectivity index (χ2n) is 6.16. The minimum Gasteiger partial charge on any atom is -0.497 e. The number of benzene rings is 2. The number of nitrogens with one attached hydrogen (secondary N) is 1. The number of carbonyl (C=O) groups excluding carboxylic acids is 1. The van der Waals surface area contributed by atoms with Crippen molar-refractivity contribution in [2.24, 2.45) is 0 Å². The molecule has 2 N–H and O–H groups in total. The molecule has 5 heteroatoms. The first-order valence-electron chi connectivity index (χ1n) is 7.73. The van der Waals surface area contributed by atoms with Crippen LogP contribution in [0.3, 0.4) is 0 Å². The van der Waals surface area contributed by atoms with E-state index in [1.54, 1.807) is 33.1 Å². The van der Waals surface area contributed by atoms with E-state index in [4.69, 9.17) is 9.47 Å². The zero-order chi connectivity index (χ0) is 17.6. The number of carbonyl (C=O) groups is 1. The van der Waals surface area contributed by atoms with Crippen LogP contribution < -0.4 is 14.8 Å². The van der Waals surface area contributed by atoms with Gasteiger partial charge in [-0.05, 0) is 43.7 Å². The zero-order valence-electron chi connectivity index (χ0n) is 14.2. The molecule has 0 fully saturated rings. The van der Waals surface area contributed by atoms with Gasteiger partial charge >= 0.3 is 0 Å². The summed E-state index contributed by atoms with van der Waals surface area (Å²) >= 11 is 0. The lowest BCUT2D eigenvalue weighted by Crippen LogP contribution is -2.46. The molecule has 0 aliphatic rings. The average Bonchev–Trinajstić information content (AvgIpc) is 2.60. The highest BCUT2D eigenvalue weighted by atomic mass is 16.5. The van der Waals surface area contributed by atoms with Gasteiger partial charge in [0.05, 0.1) is 19.3 Å². The van der Waals surface area contributed by atoms with Crippen LogP contribution in [0.15, 0.2) is 48.5 Å². The van der Waals surface area contributed by atoms with Crippen LogP contribution in [-0.4, -0.2) is 30.3 Å². The third-order valence-electron chi connectivity index (χ3n) is 3.51. The van der Waals surface area contributed by atoms with E-state index < -0.39 is 5.54 Å². The third-order valence-corrected chi connectivity index (χ3v) is 3.51. The topological polar surface area (TPSA) is 67.8 Å². The number of aliphatic hydroxyl groups is 1. The van der Waals surface area contributed by atoms with E-state index in [0.29, 0.717) is 12.2 Å². The Balaban J connectivity index is 1.95. The number of amides is 1. The maximum Gasteiger partial charge on any atom is 0.251 e. The van der Waals surface area contributed by atoms with Crippen LogP contribution in [0.2, 0.25) is 0 Å². The summed E-state index contributed by atoms with van der Waals surface area (Å²) in [4.78, 5) is 12.1. The average molecular weight is 329 g/mol. The maximum atomic E-state index is 12.1. The summed E-state index contributed by atoms with van der Waals surface area (Å²) < 4.78 is 10.9. The molecule has 0 aromatic heterocycles. The van der Waals surface area contributed by atoms with Gasteiger partial charge in [-0.25, -0.2) is 0 Å². The molecule has 0 aliphatic carbocycles. The molecule has 2 rings (SSSR count). The van der Waals surface area contributed by atoms with Crippen LogP contribution >= 0.6 is 0 Å². The Labute approximate surface area is 142 Å². The van der Waals surface area contributed by atoms with Gasteiger partial charge in [-0.1, -0.05) is 18.2 Å². The van der Waals surface area contributed by atoms with Crippen molar-refractivity contribution in [2.75, 3.05) is 13.7 Å². The lowest BCUT2D eigenvalue weighted by molar-refractivity contribution is 0.0869. The minimum absolute atomic E-state index is 0.120. The summed E-state index contributed by atoms with van der Waals surface area (Å²) in [6, 6.07) is 14.6. The highest BCUT2D eigenvalue weighted by molar-refractivity contribution is 5.94. The highest BCUT2D eigenvalue weighted by Gasteiger charge is 2.19. The van der Waals surface area contributed by atoms with Crippen molar-refractivity contribution >= 4 is 5.91 Å². The van der Waals surface area contributed by atoms with Crippen LogP contribution in [0.5, 0.6) is 11.5 Å². The molecule has 0 saturated carbocycles. The van der Waals surface area contributed by atoms with E-state index in [1.807, 2.05) is 36.4 Å². The van der Waals surface area contributed by atoms with E-state index >= 15 is 0 Å². The molecule has 2 aromatic carbocycles. The molecular formula is C19H23NO4. The van der Waals surface area contributed by atoms with Crippen molar-refractivity contribution in [1.29, 1.82) is 0 Å². The van der Waals surface area contributed by atoms with Gasteiger partial charge in [0.15, 0.2) is 0 Å². The number of hydrogen-bond acceptors (Lipinski definition) is 4. The summed E-state index contributed by atoms with van der Waals surface area (Å²) in [6.07, 6.45) is 0. The summed E-state index contributed by atoms with van der Waals surface area (Å²) in [6.45, 7) is 3.81. The molecule has 0 bridgehead atoms. The number of aliphatic hydroxyl groups excluding tert-OH is 1. The molecule has 0 atom stereocenters. The Hall–Kier alpha value is -2.53. The van der Waals surface area contributed by atoms with E-state index in [1.165, 1.54) is 0 Å². The summed E-state index contributed by atoms with van der Waals surface area (Å²) in [5, 5.41) is 12.0. The first-order valence-corrected chi connectivity index (χ1v) is 7.73. The molecule has 0 saturated heterocycles. The summed E-state index contributed by atoms with van der Waals surface area (Å²) in [5.41, 5.74) is 0.850. The smallest absolute Gasteiger partial charge is 0.251 e. The highest BCUT2D eigenvalue weighted by Crippen LogP contribution is 2.20. The van der Waals surface area contributed by atoms with Gasteiger partial charge in [0.2, 0.25) is 0 Å². The van der Waals surface area contributed by atoms with Crippen molar-refractivity contribution < 1.29 is 19.4 Å². The largest absolute Gasteiger partial charge is 0.497 e. The second kappa shape index (κ2) is 7.84. The molecule has 24 heavy (non-hydrogen) atoms. The van der Waals surface area contributed by atoms with E-state index in [9.17, 15) is 9.90 Å². The summed E-state index contributed by atoms with van der Waals surface area (Å²) in [5.74, 6) is 1.25. The summed E-state index contributed by atoms with van der Waals surface area (Å²) in [7, 11) is 1.61. The van der Waals surface area contributed by atoms with Gasteiger partial charge in [0, 0.05) is 11.6 Å². The number of hydrogen-bond donors (Lipinski definition) is 2. The third kappa shape index (κ3) is 4.99. The molecular weight excluding hydrogens is 306 g/mol. The van der Waals surface area contributed by atoms with Crippen molar-refractivity contribution in [3.05, 3.63) is 59.7 Å². The van der Waals surface area contributed by atoms with Gasteiger partial charge in [-0.15, -0.1) is 0 Å². The molecule has 5 nitrogen and oxygen atoms in total. The molecule has 0 radical (unpaired) electrons. The van der Waals surface area contributed by atoms with Gasteiger partial charge in [-0.2, -0.15) is 0 Å². The standard InChI is InChI=1S/C19H23NO4/c1-19(2,13-21)20-18(22)15-9-7-14(8-10-15)12-24-17-6-4-5-16(11-17)23-3/h4-11,21H,12-13H2,1-3H3,(H,20,22). The van der Waals surface area contributed by atoms with Crippen LogP contribution in [0.1, 0.15) is 29.8 Å². The Morgan fingerprint density at radius 3 is 2.42 bits per heavy atom. The van der Waals surface area contributed by atoms with Crippen molar-refractivity contribution in [3.8, 4) is 11.5 Å². The second-order valence-corrected chi connectivity index (χ2v) is 6.16. The van der Waals surface area contributed by atoms with Gasteiger partial charge < -0.3 is 19.9 Å².